The molecule has 0 unspecified atom stereocenters. The number of hydrazone groups is 1. The summed E-state index contributed by atoms with van der Waals surface area (Å²) in [5.74, 6) is -1.04. The maximum Gasteiger partial charge on any atom is 0.352 e. The molecule has 0 fully saturated rings. The first-order valence-corrected chi connectivity index (χ1v) is 3.80. The second kappa shape index (κ2) is 5.48. The quantitative estimate of drug-likeness (QED) is 0.329. The van der Waals surface area contributed by atoms with E-state index < -0.39 is 5.97 Å². The lowest BCUT2D eigenvalue weighted by Crippen LogP contribution is -2.30. The standard InChI is InChI=1S/C6H11N3O2S/c1-3-4(5(10)11)8-9-6(12)7-2/h3H2,1-2H3,(H,10,11)(H2,7,9,12). The summed E-state index contributed by atoms with van der Waals surface area (Å²) >= 11 is 4.69. The zero-order valence-electron chi connectivity index (χ0n) is 6.92. The van der Waals surface area contributed by atoms with Crippen molar-refractivity contribution in [2.24, 2.45) is 5.10 Å². The number of carboxylic acid groups (broad SMARTS) is 1. The normalized spacial score (nSPS) is 10.7. The summed E-state index contributed by atoms with van der Waals surface area (Å²) in [4.78, 5) is 10.4. The molecule has 3 N–H and O–H groups in total. The Morgan fingerprint density at radius 1 is 1.67 bits per heavy atom. The SMILES string of the molecule is CCC(=NNC(=S)NC)C(=O)O. The number of thiocarbonyl (C=S) groups is 1. The summed E-state index contributed by atoms with van der Waals surface area (Å²) in [5, 5.41) is 15.0. The van der Waals surface area contributed by atoms with Gasteiger partial charge in [0.2, 0.25) is 0 Å². The number of nitrogens with zero attached hydrogens (tertiary/aromatic N) is 1. The van der Waals surface area contributed by atoms with Crippen LogP contribution < -0.4 is 10.7 Å². The Morgan fingerprint density at radius 2 is 2.25 bits per heavy atom. The summed E-state index contributed by atoms with van der Waals surface area (Å²) in [6, 6.07) is 0. The highest BCUT2D eigenvalue weighted by Gasteiger charge is 2.05. The van der Waals surface area contributed by atoms with Crippen molar-refractivity contribution in [1.82, 2.24) is 10.7 Å². The molecule has 0 spiro atoms. The molecule has 0 aliphatic carbocycles. The number of carbonyl (C=O) groups is 1. The lowest BCUT2D eigenvalue weighted by molar-refractivity contribution is -0.129. The first-order valence-electron chi connectivity index (χ1n) is 3.39. The van der Waals surface area contributed by atoms with Crippen LogP contribution in [0.3, 0.4) is 0 Å². The van der Waals surface area contributed by atoms with E-state index in [1.807, 2.05) is 0 Å². The fourth-order valence-corrected chi connectivity index (χ4v) is 0.498. The van der Waals surface area contributed by atoms with Crippen molar-refractivity contribution in [3.05, 3.63) is 0 Å². The number of nitrogens with one attached hydrogen (secondary N) is 2. The maximum absolute atomic E-state index is 10.4. The van der Waals surface area contributed by atoms with Crippen molar-refractivity contribution in [2.75, 3.05) is 7.05 Å². The van der Waals surface area contributed by atoms with Crippen molar-refractivity contribution < 1.29 is 9.90 Å². The largest absolute Gasteiger partial charge is 0.477 e. The van der Waals surface area contributed by atoms with Gasteiger partial charge in [0.15, 0.2) is 5.11 Å². The van der Waals surface area contributed by atoms with Gasteiger partial charge in [-0.05, 0) is 18.6 Å². The summed E-state index contributed by atoms with van der Waals surface area (Å²) in [6.45, 7) is 1.71. The molecule has 0 aromatic heterocycles. The predicted octanol–water partition coefficient (Wildman–Crippen LogP) is -0.0691. The van der Waals surface area contributed by atoms with Crippen LogP contribution in [0, 0.1) is 0 Å². The average molecular weight is 189 g/mol. The smallest absolute Gasteiger partial charge is 0.352 e. The van der Waals surface area contributed by atoms with Gasteiger partial charge < -0.3 is 10.4 Å². The number of hydrogen-bond donors (Lipinski definition) is 3. The lowest BCUT2D eigenvalue weighted by Gasteiger charge is -2.01. The monoisotopic (exact) mass is 189 g/mol. The van der Waals surface area contributed by atoms with Crippen LogP contribution in [0.1, 0.15) is 13.3 Å². The molecule has 0 aromatic carbocycles. The van der Waals surface area contributed by atoms with Crippen LogP contribution in [-0.4, -0.2) is 28.9 Å². The zero-order valence-corrected chi connectivity index (χ0v) is 7.73. The van der Waals surface area contributed by atoms with Gasteiger partial charge >= 0.3 is 5.97 Å². The van der Waals surface area contributed by atoms with Crippen molar-refractivity contribution in [1.29, 1.82) is 0 Å². The Labute approximate surface area is 75.8 Å². The van der Waals surface area contributed by atoms with Gasteiger partial charge in [0, 0.05) is 7.05 Å². The third-order valence-corrected chi connectivity index (χ3v) is 1.40. The molecule has 0 bridgehead atoms. The van der Waals surface area contributed by atoms with Crippen LogP contribution in [0.4, 0.5) is 0 Å². The minimum Gasteiger partial charge on any atom is -0.477 e. The molecule has 0 saturated carbocycles. The van der Waals surface area contributed by atoms with Gasteiger partial charge in [0.1, 0.15) is 5.71 Å². The van der Waals surface area contributed by atoms with E-state index in [-0.39, 0.29) is 5.71 Å². The van der Waals surface area contributed by atoms with Gasteiger partial charge in [-0.25, -0.2) is 4.79 Å². The summed E-state index contributed by atoms with van der Waals surface area (Å²) in [7, 11) is 1.62. The second-order valence-corrected chi connectivity index (χ2v) is 2.32. The Balaban J connectivity index is 4.12. The zero-order chi connectivity index (χ0) is 9.56. The molecular weight excluding hydrogens is 178 g/mol. The third-order valence-electron chi connectivity index (χ3n) is 1.10. The van der Waals surface area contributed by atoms with Gasteiger partial charge in [-0.15, -0.1) is 0 Å². The second-order valence-electron chi connectivity index (χ2n) is 1.91. The molecule has 68 valence electrons. The molecule has 0 heterocycles. The topological polar surface area (TPSA) is 73.7 Å². The molecule has 0 aromatic rings. The molecule has 0 rings (SSSR count). The van der Waals surface area contributed by atoms with Crippen LogP contribution in [0.5, 0.6) is 0 Å². The van der Waals surface area contributed by atoms with E-state index in [4.69, 9.17) is 5.11 Å². The molecule has 12 heavy (non-hydrogen) atoms. The van der Waals surface area contributed by atoms with Crippen LogP contribution in [0.25, 0.3) is 0 Å². The summed E-state index contributed by atoms with van der Waals surface area (Å²) < 4.78 is 0. The van der Waals surface area contributed by atoms with Crippen molar-refractivity contribution in [3.63, 3.8) is 0 Å². The predicted molar refractivity (Wildman–Crippen MR) is 50.2 cm³/mol. The van der Waals surface area contributed by atoms with E-state index in [0.717, 1.165) is 0 Å². The number of hydrogen-bond acceptors (Lipinski definition) is 3. The Kier molecular flexibility index (Phi) is 4.94. The first-order chi connectivity index (χ1) is 5.61. The van der Waals surface area contributed by atoms with Crippen LogP contribution >= 0.6 is 12.2 Å². The van der Waals surface area contributed by atoms with Gasteiger partial charge in [-0.3, -0.25) is 5.43 Å². The maximum atomic E-state index is 10.4. The molecule has 6 heteroatoms. The van der Waals surface area contributed by atoms with Gasteiger partial charge in [-0.1, -0.05) is 6.92 Å². The van der Waals surface area contributed by atoms with Gasteiger partial charge in [0.05, 0.1) is 0 Å². The molecule has 0 atom stereocenters. The highest BCUT2D eigenvalue weighted by molar-refractivity contribution is 7.80. The first kappa shape index (κ1) is 10.8. The van der Waals surface area contributed by atoms with Gasteiger partial charge in [-0.2, -0.15) is 5.10 Å². The van der Waals surface area contributed by atoms with Crippen molar-refractivity contribution >= 4 is 29.0 Å². The average Bonchev–Trinajstić information content (AvgIpc) is 2.04. The minimum absolute atomic E-state index is 0.0487. The van der Waals surface area contributed by atoms with E-state index in [0.29, 0.717) is 11.5 Å². The molecular formula is C6H11N3O2S. The summed E-state index contributed by atoms with van der Waals surface area (Å²) in [5.41, 5.74) is 2.44. The summed E-state index contributed by atoms with van der Waals surface area (Å²) in [6.07, 6.45) is 0.356. The lowest BCUT2D eigenvalue weighted by atomic mass is 10.3. The molecule has 0 amide bonds. The Bertz CT molecular complexity index is 215. The minimum atomic E-state index is -1.04. The Hall–Kier alpha value is -1.17. The highest BCUT2D eigenvalue weighted by Crippen LogP contribution is 1.84. The third kappa shape index (κ3) is 3.87. The molecule has 0 aliphatic heterocycles. The highest BCUT2D eigenvalue weighted by atomic mass is 32.1. The van der Waals surface area contributed by atoms with E-state index in [1.165, 1.54) is 0 Å². The molecule has 0 radical (unpaired) electrons. The number of carboxylic acids is 1. The van der Waals surface area contributed by atoms with Crippen LogP contribution in [0.2, 0.25) is 0 Å². The number of aliphatic carboxylic acids is 1. The molecule has 0 saturated heterocycles. The number of rotatable bonds is 3. The fraction of sp³-hybridized carbons (Fsp3) is 0.500. The van der Waals surface area contributed by atoms with Crippen LogP contribution in [-0.2, 0) is 4.79 Å². The van der Waals surface area contributed by atoms with Gasteiger partial charge in [0.25, 0.3) is 0 Å². The van der Waals surface area contributed by atoms with Crippen molar-refractivity contribution in [3.8, 4) is 0 Å². The molecule has 5 nitrogen and oxygen atoms in total. The van der Waals surface area contributed by atoms with Crippen molar-refractivity contribution in [2.45, 2.75) is 13.3 Å². The van der Waals surface area contributed by atoms with E-state index in [2.05, 4.69) is 28.1 Å². The Morgan fingerprint density at radius 3 is 2.58 bits per heavy atom. The van der Waals surface area contributed by atoms with E-state index in [1.54, 1.807) is 14.0 Å². The fourth-order valence-electron chi connectivity index (χ4n) is 0.452. The van der Waals surface area contributed by atoms with E-state index >= 15 is 0 Å². The van der Waals surface area contributed by atoms with Crippen LogP contribution in [0.15, 0.2) is 5.10 Å². The van der Waals surface area contributed by atoms with E-state index in [9.17, 15) is 4.79 Å². The molecule has 0 aliphatic rings.